The minimum Gasteiger partial charge on any atom is -0.397 e. The molecule has 0 atom stereocenters. The van der Waals surface area contributed by atoms with Crippen LogP contribution in [-0.4, -0.2) is 16.1 Å². The Morgan fingerprint density at radius 3 is 2.43 bits per heavy atom. The number of rotatable bonds is 4. The number of amides is 1. The zero-order chi connectivity index (χ0) is 15.4. The van der Waals surface area contributed by atoms with Crippen LogP contribution in [0.25, 0.3) is 0 Å². The Morgan fingerprint density at radius 2 is 1.83 bits per heavy atom. The first-order valence-electron chi connectivity index (χ1n) is 7.50. The average Bonchev–Trinajstić information content (AvgIpc) is 3.03. The lowest BCUT2D eigenvalue weighted by molar-refractivity contribution is 0.102. The van der Waals surface area contributed by atoms with E-state index in [0.29, 0.717) is 11.4 Å². The monoisotopic (exact) mass is 349 g/mol. The van der Waals surface area contributed by atoms with Gasteiger partial charge in [-0.25, -0.2) is 4.98 Å². The molecule has 2 aromatic rings. The highest BCUT2D eigenvalue weighted by Crippen LogP contribution is 2.34. The van der Waals surface area contributed by atoms with Crippen LogP contribution in [0.2, 0.25) is 0 Å². The number of thioether (sulfide) groups is 1. The quantitative estimate of drug-likeness (QED) is 0.859. The van der Waals surface area contributed by atoms with Crippen LogP contribution in [0.3, 0.4) is 0 Å². The van der Waals surface area contributed by atoms with Crippen molar-refractivity contribution in [3.8, 4) is 0 Å². The van der Waals surface area contributed by atoms with Gasteiger partial charge in [-0.2, -0.15) is 0 Å². The number of nitrogens with zero attached hydrogens (tertiary/aromatic N) is 1. The Hall–Kier alpha value is -1.72. The number of benzene rings is 1. The summed E-state index contributed by atoms with van der Waals surface area (Å²) in [4.78, 5) is 17.3. The maximum Gasteiger partial charge on any atom is 0.274 e. The molecular weight excluding hydrogens is 330 g/mol. The molecule has 3 rings (SSSR count). The van der Waals surface area contributed by atoms with Gasteiger partial charge >= 0.3 is 0 Å². The SMILES string of the molecule is Cl.Nc1ccc(C(=O)Nc2ccc(SC3CCCC3)cc2)nc1. The van der Waals surface area contributed by atoms with Gasteiger partial charge in [-0.3, -0.25) is 4.79 Å². The topological polar surface area (TPSA) is 68.0 Å². The fourth-order valence-corrected chi connectivity index (χ4v) is 3.80. The molecular formula is C17H20ClN3OS. The molecule has 0 spiro atoms. The van der Waals surface area contributed by atoms with Gasteiger partial charge in [0.1, 0.15) is 5.69 Å². The average molecular weight is 350 g/mol. The van der Waals surface area contributed by atoms with E-state index >= 15 is 0 Å². The number of hydrogen-bond acceptors (Lipinski definition) is 4. The first kappa shape index (κ1) is 17.6. The number of nitrogen functional groups attached to an aromatic ring is 1. The molecule has 0 radical (unpaired) electrons. The van der Waals surface area contributed by atoms with Gasteiger partial charge in [-0.15, -0.1) is 24.2 Å². The largest absolute Gasteiger partial charge is 0.397 e. The molecule has 0 bridgehead atoms. The molecule has 4 nitrogen and oxygen atoms in total. The summed E-state index contributed by atoms with van der Waals surface area (Å²) in [6.07, 6.45) is 6.80. The fraction of sp³-hybridized carbons (Fsp3) is 0.294. The van der Waals surface area contributed by atoms with Crippen molar-refractivity contribution in [3.63, 3.8) is 0 Å². The van der Waals surface area contributed by atoms with Crippen molar-refractivity contribution < 1.29 is 4.79 Å². The van der Waals surface area contributed by atoms with E-state index in [-0.39, 0.29) is 18.3 Å². The van der Waals surface area contributed by atoms with Gasteiger partial charge in [0, 0.05) is 15.8 Å². The third-order valence-electron chi connectivity index (χ3n) is 3.74. The Balaban J connectivity index is 0.00000192. The number of carbonyl (C=O) groups excluding carboxylic acids is 1. The lowest BCUT2D eigenvalue weighted by Gasteiger charge is -2.10. The van der Waals surface area contributed by atoms with Crippen LogP contribution in [0.5, 0.6) is 0 Å². The van der Waals surface area contributed by atoms with E-state index in [4.69, 9.17) is 5.73 Å². The summed E-state index contributed by atoms with van der Waals surface area (Å²) in [6.45, 7) is 0. The molecule has 6 heteroatoms. The maximum absolute atomic E-state index is 12.1. The highest BCUT2D eigenvalue weighted by molar-refractivity contribution is 8.00. The zero-order valence-corrected chi connectivity index (χ0v) is 14.3. The van der Waals surface area contributed by atoms with Crippen molar-refractivity contribution in [1.82, 2.24) is 4.98 Å². The molecule has 1 aliphatic rings. The summed E-state index contributed by atoms with van der Waals surface area (Å²) >= 11 is 1.94. The van der Waals surface area contributed by atoms with Crippen LogP contribution in [-0.2, 0) is 0 Å². The number of anilines is 2. The van der Waals surface area contributed by atoms with Crippen molar-refractivity contribution in [2.24, 2.45) is 0 Å². The standard InChI is InChI=1S/C17H19N3OS.ClH/c18-12-5-10-16(19-11-12)17(21)20-13-6-8-15(9-7-13)22-14-3-1-2-4-14;/h5-11,14H,1-4,18H2,(H,20,21);1H. The van der Waals surface area contributed by atoms with Gasteiger partial charge in [-0.1, -0.05) is 12.8 Å². The lowest BCUT2D eigenvalue weighted by Crippen LogP contribution is -2.13. The summed E-state index contributed by atoms with van der Waals surface area (Å²) < 4.78 is 0. The third-order valence-corrected chi connectivity index (χ3v) is 5.09. The summed E-state index contributed by atoms with van der Waals surface area (Å²) in [5.41, 5.74) is 7.25. The second-order valence-electron chi connectivity index (χ2n) is 5.48. The number of aromatic nitrogens is 1. The lowest BCUT2D eigenvalue weighted by atomic mass is 10.3. The summed E-state index contributed by atoms with van der Waals surface area (Å²) in [5.74, 6) is -0.226. The smallest absolute Gasteiger partial charge is 0.274 e. The van der Waals surface area contributed by atoms with E-state index in [0.717, 1.165) is 10.9 Å². The van der Waals surface area contributed by atoms with Crippen LogP contribution in [0.15, 0.2) is 47.5 Å². The van der Waals surface area contributed by atoms with Crippen molar-refractivity contribution in [2.75, 3.05) is 11.1 Å². The Labute approximate surface area is 146 Å². The molecule has 1 saturated carbocycles. The first-order valence-corrected chi connectivity index (χ1v) is 8.38. The van der Waals surface area contributed by atoms with E-state index in [1.54, 1.807) is 12.1 Å². The first-order chi connectivity index (χ1) is 10.7. The van der Waals surface area contributed by atoms with Gasteiger partial charge in [0.15, 0.2) is 0 Å². The Morgan fingerprint density at radius 1 is 1.13 bits per heavy atom. The van der Waals surface area contributed by atoms with Crippen LogP contribution < -0.4 is 11.1 Å². The summed E-state index contributed by atoms with van der Waals surface area (Å²) in [6, 6.07) is 11.3. The number of halogens is 1. The molecule has 122 valence electrons. The van der Waals surface area contributed by atoms with Crippen molar-refractivity contribution in [1.29, 1.82) is 0 Å². The molecule has 23 heavy (non-hydrogen) atoms. The van der Waals surface area contributed by atoms with Gasteiger partial charge in [0.25, 0.3) is 5.91 Å². The predicted molar refractivity (Wildman–Crippen MR) is 98.4 cm³/mol. The van der Waals surface area contributed by atoms with Crippen LogP contribution in [0.1, 0.15) is 36.2 Å². The number of nitrogens with one attached hydrogen (secondary N) is 1. The Bertz CT molecular complexity index is 640. The summed E-state index contributed by atoms with van der Waals surface area (Å²) in [5, 5.41) is 3.60. The van der Waals surface area contributed by atoms with E-state index in [1.807, 2.05) is 23.9 Å². The minimum absolute atomic E-state index is 0. The Kier molecular flexibility index (Phi) is 6.30. The molecule has 1 aromatic carbocycles. The third kappa shape index (κ3) is 4.88. The highest BCUT2D eigenvalue weighted by Gasteiger charge is 2.16. The normalized spacial score (nSPS) is 14.3. The number of pyridine rings is 1. The molecule has 1 aromatic heterocycles. The van der Waals surface area contributed by atoms with Crippen LogP contribution in [0.4, 0.5) is 11.4 Å². The second-order valence-corrected chi connectivity index (χ2v) is 6.85. The molecule has 0 aliphatic heterocycles. The molecule has 3 N–H and O–H groups in total. The number of carbonyl (C=O) groups is 1. The highest BCUT2D eigenvalue weighted by atomic mass is 35.5. The van der Waals surface area contributed by atoms with Crippen molar-refractivity contribution in [3.05, 3.63) is 48.3 Å². The van der Waals surface area contributed by atoms with Crippen LogP contribution in [0, 0.1) is 0 Å². The summed E-state index contributed by atoms with van der Waals surface area (Å²) in [7, 11) is 0. The van der Waals surface area contributed by atoms with Gasteiger partial charge in [0.2, 0.25) is 0 Å². The van der Waals surface area contributed by atoms with Crippen LogP contribution >= 0.6 is 24.2 Å². The predicted octanol–water partition coefficient (Wildman–Crippen LogP) is 4.37. The molecule has 1 aliphatic carbocycles. The maximum atomic E-state index is 12.1. The van der Waals surface area contributed by atoms with Gasteiger partial charge < -0.3 is 11.1 Å². The molecule has 0 unspecified atom stereocenters. The molecule has 1 fully saturated rings. The minimum atomic E-state index is -0.226. The zero-order valence-electron chi connectivity index (χ0n) is 12.7. The van der Waals surface area contributed by atoms with Gasteiger partial charge in [-0.05, 0) is 49.2 Å². The second kappa shape index (κ2) is 8.22. The fourth-order valence-electron chi connectivity index (χ4n) is 2.55. The molecule has 1 heterocycles. The van der Waals surface area contributed by atoms with Crippen molar-refractivity contribution >= 4 is 41.5 Å². The molecule has 0 saturated heterocycles. The van der Waals surface area contributed by atoms with Crippen molar-refractivity contribution in [2.45, 2.75) is 35.8 Å². The van der Waals surface area contributed by atoms with E-state index in [9.17, 15) is 4.79 Å². The number of hydrogen-bond donors (Lipinski definition) is 2. The van der Waals surface area contributed by atoms with E-state index < -0.39 is 0 Å². The molecule has 1 amide bonds. The van der Waals surface area contributed by atoms with E-state index in [2.05, 4.69) is 22.4 Å². The van der Waals surface area contributed by atoms with Gasteiger partial charge in [0.05, 0.1) is 11.9 Å². The van der Waals surface area contributed by atoms with E-state index in [1.165, 1.54) is 36.8 Å². The number of nitrogens with two attached hydrogens (primary N) is 1.